The Morgan fingerprint density at radius 2 is 2.10 bits per heavy atom. The molecule has 0 radical (unpaired) electrons. The molecule has 0 spiro atoms. The van der Waals surface area contributed by atoms with Crippen molar-refractivity contribution in [2.45, 2.75) is 32.7 Å². The van der Waals surface area contributed by atoms with Gasteiger partial charge in [-0.1, -0.05) is 6.92 Å². The largest absolute Gasteiger partial charge is 0.371 e. The van der Waals surface area contributed by atoms with Crippen molar-refractivity contribution in [3.8, 4) is 6.07 Å². The second-order valence-corrected chi connectivity index (χ2v) is 5.68. The molecular formula is C17H23N3O. The first-order valence-corrected chi connectivity index (χ1v) is 7.57. The van der Waals surface area contributed by atoms with Crippen molar-refractivity contribution in [3.63, 3.8) is 0 Å². The average molecular weight is 285 g/mol. The Morgan fingerprint density at radius 1 is 1.43 bits per heavy atom. The molecule has 0 saturated carbocycles. The van der Waals surface area contributed by atoms with E-state index < -0.39 is 0 Å². The number of nitrogens with zero attached hydrogens (tertiary/aromatic N) is 3. The monoisotopic (exact) mass is 285 g/mol. The van der Waals surface area contributed by atoms with Crippen LogP contribution in [0, 0.1) is 11.3 Å². The van der Waals surface area contributed by atoms with E-state index in [9.17, 15) is 4.79 Å². The van der Waals surface area contributed by atoms with Crippen molar-refractivity contribution in [1.29, 1.82) is 5.26 Å². The van der Waals surface area contributed by atoms with Gasteiger partial charge in [0.2, 0.25) is 0 Å². The minimum Gasteiger partial charge on any atom is -0.371 e. The van der Waals surface area contributed by atoms with Crippen molar-refractivity contribution in [3.05, 3.63) is 29.3 Å². The molecule has 1 aromatic carbocycles. The topological polar surface area (TPSA) is 47.3 Å². The van der Waals surface area contributed by atoms with Gasteiger partial charge in [0.15, 0.2) is 5.78 Å². The standard InChI is InChI=1S/C17H23N3O/c1-4-20-9-7-15(8-10-20)19(3)17-11-14(12-18)5-6-16(17)13(2)21/h5-6,11,15H,4,7-10H2,1-3H3. The third kappa shape index (κ3) is 3.43. The molecule has 0 bridgehead atoms. The Hall–Kier alpha value is -1.86. The highest BCUT2D eigenvalue weighted by Crippen LogP contribution is 2.27. The van der Waals surface area contributed by atoms with E-state index in [0.29, 0.717) is 17.2 Å². The predicted molar refractivity (Wildman–Crippen MR) is 84.7 cm³/mol. The van der Waals surface area contributed by atoms with Crippen LogP contribution in [0.2, 0.25) is 0 Å². The second-order valence-electron chi connectivity index (χ2n) is 5.68. The van der Waals surface area contributed by atoms with Crippen LogP contribution in [0.3, 0.4) is 0 Å². The van der Waals surface area contributed by atoms with Gasteiger partial charge < -0.3 is 9.80 Å². The first kappa shape index (κ1) is 15.5. The number of hydrogen-bond acceptors (Lipinski definition) is 4. The quantitative estimate of drug-likeness (QED) is 0.798. The Balaban J connectivity index is 2.24. The normalized spacial score (nSPS) is 16.5. The molecule has 1 aromatic rings. The minimum atomic E-state index is 0.0485. The summed E-state index contributed by atoms with van der Waals surface area (Å²) < 4.78 is 0. The van der Waals surface area contributed by atoms with E-state index in [1.54, 1.807) is 19.1 Å². The van der Waals surface area contributed by atoms with Crippen LogP contribution in [-0.4, -0.2) is 43.4 Å². The summed E-state index contributed by atoms with van der Waals surface area (Å²) >= 11 is 0. The molecule has 0 unspecified atom stereocenters. The molecule has 112 valence electrons. The molecule has 0 aromatic heterocycles. The predicted octanol–water partition coefficient (Wildman–Crippen LogP) is 2.68. The Kier molecular flexibility index (Phi) is 4.98. The molecule has 0 aliphatic carbocycles. The van der Waals surface area contributed by atoms with Crippen molar-refractivity contribution < 1.29 is 4.79 Å². The first-order valence-electron chi connectivity index (χ1n) is 7.57. The maximum absolute atomic E-state index is 11.8. The molecule has 1 fully saturated rings. The van der Waals surface area contributed by atoms with E-state index in [2.05, 4.69) is 22.8 Å². The summed E-state index contributed by atoms with van der Waals surface area (Å²) in [5, 5.41) is 9.09. The van der Waals surface area contributed by atoms with Gasteiger partial charge in [0, 0.05) is 37.4 Å². The summed E-state index contributed by atoms with van der Waals surface area (Å²) in [6.45, 7) is 7.06. The van der Waals surface area contributed by atoms with E-state index in [0.717, 1.165) is 38.2 Å². The van der Waals surface area contributed by atoms with E-state index in [4.69, 9.17) is 5.26 Å². The van der Waals surface area contributed by atoms with Crippen LogP contribution >= 0.6 is 0 Å². The SMILES string of the molecule is CCN1CCC(N(C)c2cc(C#N)ccc2C(C)=O)CC1. The Bertz CT molecular complexity index is 554. The maximum atomic E-state index is 11.8. The number of anilines is 1. The zero-order valence-electron chi connectivity index (χ0n) is 13.1. The van der Waals surface area contributed by atoms with Gasteiger partial charge >= 0.3 is 0 Å². The molecule has 1 saturated heterocycles. The van der Waals surface area contributed by atoms with E-state index in [1.165, 1.54) is 0 Å². The molecule has 1 aliphatic heterocycles. The number of rotatable bonds is 4. The number of piperidine rings is 1. The lowest BCUT2D eigenvalue weighted by atomic mass is 10.00. The van der Waals surface area contributed by atoms with Crippen LogP contribution < -0.4 is 4.90 Å². The van der Waals surface area contributed by atoms with Crippen molar-refractivity contribution in [2.75, 3.05) is 31.6 Å². The highest BCUT2D eigenvalue weighted by Gasteiger charge is 2.24. The van der Waals surface area contributed by atoms with Crippen molar-refractivity contribution in [2.24, 2.45) is 0 Å². The summed E-state index contributed by atoms with van der Waals surface area (Å²) in [5.41, 5.74) is 2.19. The van der Waals surface area contributed by atoms with Gasteiger partial charge in [-0.25, -0.2) is 0 Å². The number of carbonyl (C=O) groups excluding carboxylic acids is 1. The van der Waals surface area contributed by atoms with Crippen LogP contribution in [-0.2, 0) is 0 Å². The summed E-state index contributed by atoms with van der Waals surface area (Å²) in [6, 6.07) is 7.92. The smallest absolute Gasteiger partial charge is 0.161 e. The lowest BCUT2D eigenvalue weighted by molar-refractivity contribution is 0.101. The van der Waals surface area contributed by atoms with Crippen LogP contribution in [0.5, 0.6) is 0 Å². The van der Waals surface area contributed by atoms with Gasteiger partial charge in [-0.3, -0.25) is 4.79 Å². The number of benzene rings is 1. The molecule has 0 N–H and O–H groups in total. The van der Waals surface area contributed by atoms with E-state index in [-0.39, 0.29) is 5.78 Å². The van der Waals surface area contributed by atoms with Crippen LogP contribution in [0.4, 0.5) is 5.69 Å². The Morgan fingerprint density at radius 3 is 2.62 bits per heavy atom. The van der Waals surface area contributed by atoms with Crippen molar-refractivity contribution >= 4 is 11.5 Å². The van der Waals surface area contributed by atoms with Gasteiger partial charge in [-0.15, -0.1) is 0 Å². The van der Waals surface area contributed by atoms with Crippen LogP contribution in [0.25, 0.3) is 0 Å². The molecule has 0 atom stereocenters. The highest BCUT2D eigenvalue weighted by molar-refractivity contribution is 6.00. The zero-order valence-corrected chi connectivity index (χ0v) is 13.1. The summed E-state index contributed by atoms with van der Waals surface area (Å²) in [7, 11) is 2.04. The van der Waals surface area contributed by atoms with Crippen LogP contribution in [0.15, 0.2) is 18.2 Å². The summed E-state index contributed by atoms with van der Waals surface area (Å²) in [4.78, 5) is 16.5. The molecule has 0 amide bonds. The fraction of sp³-hybridized carbons (Fsp3) is 0.529. The fourth-order valence-electron chi connectivity index (χ4n) is 3.01. The number of likely N-dealkylation sites (tertiary alicyclic amines) is 1. The first-order chi connectivity index (χ1) is 10.1. The molecule has 4 nitrogen and oxygen atoms in total. The maximum Gasteiger partial charge on any atom is 0.161 e. The van der Waals surface area contributed by atoms with E-state index in [1.807, 2.05) is 13.1 Å². The third-order valence-corrected chi connectivity index (χ3v) is 4.44. The highest BCUT2D eigenvalue weighted by atomic mass is 16.1. The lowest BCUT2D eigenvalue weighted by Crippen LogP contribution is -2.43. The second kappa shape index (κ2) is 6.73. The zero-order chi connectivity index (χ0) is 15.4. The van der Waals surface area contributed by atoms with Gasteiger partial charge in [-0.05, 0) is 44.5 Å². The van der Waals surface area contributed by atoms with Gasteiger partial charge in [0.25, 0.3) is 0 Å². The number of Topliss-reactive ketones (excluding diaryl/α,β-unsaturated/α-hetero) is 1. The molecule has 1 aliphatic rings. The molecule has 1 heterocycles. The Labute approximate surface area is 127 Å². The third-order valence-electron chi connectivity index (χ3n) is 4.44. The van der Waals surface area contributed by atoms with Crippen LogP contribution in [0.1, 0.15) is 42.6 Å². The van der Waals surface area contributed by atoms with Gasteiger partial charge in [-0.2, -0.15) is 5.26 Å². The molecule has 2 rings (SSSR count). The fourth-order valence-corrected chi connectivity index (χ4v) is 3.01. The number of hydrogen-bond donors (Lipinski definition) is 0. The number of nitriles is 1. The van der Waals surface area contributed by atoms with Gasteiger partial charge in [0.05, 0.1) is 11.6 Å². The average Bonchev–Trinajstić information content (AvgIpc) is 2.53. The van der Waals surface area contributed by atoms with E-state index >= 15 is 0 Å². The summed E-state index contributed by atoms with van der Waals surface area (Å²) in [6.07, 6.45) is 2.19. The number of ketones is 1. The van der Waals surface area contributed by atoms with Gasteiger partial charge in [0.1, 0.15) is 0 Å². The molecule has 21 heavy (non-hydrogen) atoms. The van der Waals surface area contributed by atoms with Crippen molar-refractivity contribution in [1.82, 2.24) is 4.90 Å². The lowest BCUT2D eigenvalue weighted by Gasteiger charge is -2.38. The molecule has 4 heteroatoms. The molecular weight excluding hydrogens is 262 g/mol. The summed E-state index contributed by atoms with van der Waals surface area (Å²) in [5.74, 6) is 0.0485. The minimum absolute atomic E-state index is 0.0485. The number of carbonyl (C=O) groups is 1.